The second-order valence-corrected chi connectivity index (χ2v) is 3.41. The second kappa shape index (κ2) is 4.28. The average Bonchev–Trinajstić information content (AvgIpc) is 2.11. The van der Waals surface area contributed by atoms with Crippen molar-refractivity contribution in [3.8, 4) is 0 Å². The van der Waals surface area contributed by atoms with Gasteiger partial charge in [-0.1, -0.05) is 17.8 Å². The van der Waals surface area contributed by atoms with Crippen LogP contribution in [-0.2, 0) is 0 Å². The van der Waals surface area contributed by atoms with E-state index in [0.29, 0.717) is 16.4 Å². The van der Waals surface area contributed by atoms with Crippen molar-refractivity contribution in [1.29, 1.82) is 0 Å². The SMILES string of the molecule is CSC(N)=Nc1ccc(C)c(F)c1. The maximum Gasteiger partial charge on any atom is 0.158 e. The molecule has 0 saturated heterocycles. The molecule has 1 rings (SSSR count). The van der Waals surface area contributed by atoms with Crippen LogP contribution in [0.1, 0.15) is 5.56 Å². The standard InChI is InChI=1S/C9H11FN2S/c1-6-3-4-7(5-8(6)10)12-9(11)13-2/h3-5H,1-2H3,(H2,11,12). The van der Waals surface area contributed by atoms with E-state index in [-0.39, 0.29) is 5.82 Å². The number of hydrogen-bond acceptors (Lipinski definition) is 2. The topological polar surface area (TPSA) is 38.4 Å². The van der Waals surface area contributed by atoms with Crippen LogP contribution in [0.3, 0.4) is 0 Å². The largest absolute Gasteiger partial charge is 0.378 e. The number of aryl methyl sites for hydroxylation is 1. The number of amidine groups is 1. The molecule has 1 aromatic rings. The first-order chi connectivity index (χ1) is 6.13. The molecule has 0 amide bonds. The smallest absolute Gasteiger partial charge is 0.158 e. The van der Waals surface area contributed by atoms with Crippen LogP contribution >= 0.6 is 11.8 Å². The number of hydrogen-bond donors (Lipinski definition) is 1. The Labute approximate surface area is 81.1 Å². The van der Waals surface area contributed by atoms with Crippen molar-refractivity contribution in [2.24, 2.45) is 10.7 Å². The van der Waals surface area contributed by atoms with E-state index in [9.17, 15) is 4.39 Å². The predicted octanol–water partition coefficient (Wildman–Crippen LogP) is 2.44. The number of halogens is 1. The van der Waals surface area contributed by atoms with Gasteiger partial charge in [0.15, 0.2) is 5.17 Å². The maximum atomic E-state index is 13.0. The highest BCUT2D eigenvalue weighted by atomic mass is 32.2. The van der Waals surface area contributed by atoms with Gasteiger partial charge in [0.25, 0.3) is 0 Å². The van der Waals surface area contributed by atoms with Gasteiger partial charge in [-0.2, -0.15) is 0 Å². The van der Waals surface area contributed by atoms with Gasteiger partial charge >= 0.3 is 0 Å². The molecule has 0 aromatic heterocycles. The lowest BCUT2D eigenvalue weighted by Gasteiger charge is -1.98. The number of aliphatic imine (C=N–C) groups is 1. The molecule has 70 valence electrons. The third-order valence-electron chi connectivity index (χ3n) is 1.60. The van der Waals surface area contributed by atoms with Crippen LogP contribution < -0.4 is 5.73 Å². The molecule has 0 spiro atoms. The van der Waals surface area contributed by atoms with Crippen molar-refractivity contribution in [1.82, 2.24) is 0 Å². The lowest BCUT2D eigenvalue weighted by atomic mass is 10.2. The maximum absolute atomic E-state index is 13.0. The molecule has 0 aliphatic carbocycles. The van der Waals surface area contributed by atoms with Crippen LogP contribution in [0.5, 0.6) is 0 Å². The van der Waals surface area contributed by atoms with Crippen molar-refractivity contribution in [3.05, 3.63) is 29.6 Å². The molecule has 0 saturated carbocycles. The van der Waals surface area contributed by atoms with Crippen molar-refractivity contribution >= 4 is 22.6 Å². The monoisotopic (exact) mass is 198 g/mol. The normalized spacial score (nSPS) is 11.8. The number of benzene rings is 1. The molecule has 0 bridgehead atoms. The van der Waals surface area contributed by atoms with Gasteiger partial charge in [0, 0.05) is 0 Å². The van der Waals surface area contributed by atoms with Crippen LogP contribution in [-0.4, -0.2) is 11.4 Å². The molecule has 0 radical (unpaired) electrons. The van der Waals surface area contributed by atoms with Crippen LogP contribution in [0.4, 0.5) is 10.1 Å². The minimum atomic E-state index is -0.254. The van der Waals surface area contributed by atoms with Gasteiger partial charge in [-0.05, 0) is 30.9 Å². The van der Waals surface area contributed by atoms with Crippen LogP contribution in [0, 0.1) is 12.7 Å². The Hall–Kier alpha value is -1.03. The highest BCUT2D eigenvalue weighted by Gasteiger charge is 1.98. The third kappa shape index (κ3) is 2.73. The lowest BCUT2D eigenvalue weighted by Crippen LogP contribution is -2.04. The summed E-state index contributed by atoms with van der Waals surface area (Å²) in [5.41, 5.74) is 6.65. The summed E-state index contributed by atoms with van der Waals surface area (Å²) in [6.07, 6.45) is 1.82. The summed E-state index contributed by atoms with van der Waals surface area (Å²) in [4.78, 5) is 4.00. The van der Waals surface area contributed by atoms with Gasteiger partial charge in [0.05, 0.1) is 5.69 Å². The highest BCUT2D eigenvalue weighted by molar-refractivity contribution is 8.13. The lowest BCUT2D eigenvalue weighted by molar-refractivity contribution is 0.619. The number of thioether (sulfide) groups is 1. The Bertz CT molecular complexity index is 336. The quantitative estimate of drug-likeness (QED) is 0.556. The average molecular weight is 198 g/mol. The fourth-order valence-corrected chi connectivity index (χ4v) is 1.02. The molecular formula is C9H11FN2S. The van der Waals surface area contributed by atoms with Gasteiger partial charge in [-0.15, -0.1) is 0 Å². The zero-order chi connectivity index (χ0) is 9.84. The van der Waals surface area contributed by atoms with E-state index in [1.807, 2.05) is 6.26 Å². The Morgan fingerprint density at radius 2 is 2.23 bits per heavy atom. The summed E-state index contributed by atoms with van der Waals surface area (Å²) >= 11 is 1.33. The van der Waals surface area contributed by atoms with Gasteiger partial charge in [-0.3, -0.25) is 0 Å². The van der Waals surface area contributed by atoms with Gasteiger partial charge in [-0.25, -0.2) is 9.38 Å². The van der Waals surface area contributed by atoms with Crippen molar-refractivity contribution in [3.63, 3.8) is 0 Å². The summed E-state index contributed by atoms with van der Waals surface area (Å²) in [6.45, 7) is 1.71. The molecule has 4 heteroatoms. The Balaban J connectivity index is 2.98. The Kier molecular flexibility index (Phi) is 3.31. The molecule has 0 aliphatic rings. The van der Waals surface area contributed by atoms with E-state index in [1.165, 1.54) is 17.8 Å². The van der Waals surface area contributed by atoms with E-state index >= 15 is 0 Å². The molecule has 1 aromatic carbocycles. The number of rotatable bonds is 1. The summed E-state index contributed by atoms with van der Waals surface area (Å²) in [6, 6.07) is 4.79. The first-order valence-corrected chi connectivity index (χ1v) is 5.00. The fourth-order valence-electron chi connectivity index (χ4n) is 0.824. The first-order valence-electron chi connectivity index (χ1n) is 3.78. The van der Waals surface area contributed by atoms with Gasteiger partial charge < -0.3 is 5.73 Å². The van der Waals surface area contributed by atoms with E-state index in [1.54, 1.807) is 19.1 Å². The van der Waals surface area contributed by atoms with Crippen LogP contribution in [0.25, 0.3) is 0 Å². The highest BCUT2D eigenvalue weighted by Crippen LogP contribution is 2.17. The zero-order valence-electron chi connectivity index (χ0n) is 7.54. The van der Waals surface area contributed by atoms with Crippen molar-refractivity contribution in [2.45, 2.75) is 6.92 Å². The summed E-state index contributed by atoms with van der Waals surface area (Å²) in [7, 11) is 0. The minimum Gasteiger partial charge on any atom is -0.378 e. The minimum absolute atomic E-state index is 0.254. The van der Waals surface area contributed by atoms with Crippen LogP contribution in [0.15, 0.2) is 23.2 Å². The first kappa shape index (κ1) is 10.1. The van der Waals surface area contributed by atoms with Gasteiger partial charge in [0.1, 0.15) is 5.82 Å². The van der Waals surface area contributed by atoms with Crippen LogP contribution in [0.2, 0.25) is 0 Å². The van der Waals surface area contributed by atoms with E-state index in [0.717, 1.165) is 0 Å². The molecule has 0 unspecified atom stereocenters. The van der Waals surface area contributed by atoms with E-state index in [2.05, 4.69) is 4.99 Å². The molecular weight excluding hydrogens is 187 g/mol. The van der Waals surface area contributed by atoms with E-state index < -0.39 is 0 Å². The summed E-state index contributed by atoms with van der Waals surface area (Å²) in [5, 5.41) is 0.434. The predicted molar refractivity (Wildman–Crippen MR) is 55.9 cm³/mol. The molecule has 2 nitrogen and oxygen atoms in total. The Morgan fingerprint density at radius 1 is 1.54 bits per heavy atom. The number of nitrogens with zero attached hydrogens (tertiary/aromatic N) is 1. The Morgan fingerprint density at radius 3 is 2.77 bits per heavy atom. The van der Waals surface area contributed by atoms with Crippen molar-refractivity contribution < 1.29 is 4.39 Å². The fraction of sp³-hybridized carbons (Fsp3) is 0.222. The number of nitrogens with two attached hydrogens (primary N) is 1. The summed E-state index contributed by atoms with van der Waals surface area (Å²) < 4.78 is 13.0. The third-order valence-corrected chi connectivity index (χ3v) is 2.11. The van der Waals surface area contributed by atoms with Crippen molar-refractivity contribution in [2.75, 3.05) is 6.26 Å². The second-order valence-electron chi connectivity index (χ2n) is 2.59. The molecule has 2 N–H and O–H groups in total. The van der Waals surface area contributed by atoms with E-state index in [4.69, 9.17) is 5.73 Å². The van der Waals surface area contributed by atoms with Gasteiger partial charge in [0.2, 0.25) is 0 Å². The molecule has 0 heterocycles. The zero-order valence-corrected chi connectivity index (χ0v) is 8.36. The molecule has 0 atom stereocenters. The summed E-state index contributed by atoms with van der Waals surface area (Å²) in [5.74, 6) is -0.254. The molecule has 0 aliphatic heterocycles. The molecule has 13 heavy (non-hydrogen) atoms. The molecule has 0 fully saturated rings.